The molecule has 0 aromatic carbocycles. The molecular formula is C13H24N2O3. The molecule has 1 aliphatic carbocycles. The molecule has 2 N–H and O–H groups in total. The molecule has 0 bridgehead atoms. The highest BCUT2D eigenvalue weighted by Crippen LogP contribution is 2.17. The van der Waals surface area contributed by atoms with Crippen LogP contribution >= 0.6 is 0 Å². The minimum absolute atomic E-state index is 0.00588. The smallest absolute Gasteiger partial charge is 0.317 e. The van der Waals surface area contributed by atoms with Gasteiger partial charge in [0.15, 0.2) is 0 Å². The van der Waals surface area contributed by atoms with E-state index in [0.717, 1.165) is 12.8 Å². The van der Waals surface area contributed by atoms with Crippen molar-refractivity contribution >= 4 is 12.0 Å². The van der Waals surface area contributed by atoms with Crippen molar-refractivity contribution in [3.05, 3.63) is 0 Å². The van der Waals surface area contributed by atoms with Gasteiger partial charge in [0.1, 0.15) is 0 Å². The second kappa shape index (κ2) is 7.95. The van der Waals surface area contributed by atoms with Gasteiger partial charge < -0.3 is 15.3 Å². The average Bonchev–Trinajstić information content (AvgIpc) is 2.58. The number of aliphatic carboxylic acids is 1. The van der Waals surface area contributed by atoms with Crippen molar-refractivity contribution in [2.24, 2.45) is 0 Å². The monoisotopic (exact) mass is 256 g/mol. The fraction of sp³-hybridized carbons (Fsp3) is 0.846. The molecule has 0 aromatic rings. The zero-order valence-corrected chi connectivity index (χ0v) is 11.2. The minimum atomic E-state index is -0.865. The van der Waals surface area contributed by atoms with Crippen molar-refractivity contribution in [1.82, 2.24) is 10.2 Å². The number of hydrogen-bond acceptors (Lipinski definition) is 2. The Morgan fingerprint density at radius 3 is 2.33 bits per heavy atom. The van der Waals surface area contributed by atoms with Crippen molar-refractivity contribution in [3.63, 3.8) is 0 Å². The summed E-state index contributed by atoms with van der Waals surface area (Å²) in [7, 11) is 0. The van der Waals surface area contributed by atoms with Crippen LogP contribution in [-0.4, -0.2) is 41.1 Å². The largest absolute Gasteiger partial charge is 0.481 e. The summed E-state index contributed by atoms with van der Waals surface area (Å²) in [5.74, 6) is -0.865. The highest BCUT2D eigenvalue weighted by atomic mass is 16.4. The quantitative estimate of drug-likeness (QED) is 0.741. The summed E-state index contributed by atoms with van der Waals surface area (Å²) in [6.45, 7) is 2.70. The Kier molecular flexibility index (Phi) is 6.54. The maximum Gasteiger partial charge on any atom is 0.317 e. The third kappa shape index (κ3) is 5.38. The van der Waals surface area contributed by atoms with Gasteiger partial charge in [-0.1, -0.05) is 25.7 Å². The topological polar surface area (TPSA) is 69.6 Å². The first-order valence-electron chi connectivity index (χ1n) is 6.90. The fourth-order valence-corrected chi connectivity index (χ4v) is 2.32. The summed E-state index contributed by atoms with van der Waals surface area (Å²) in [5.41, 5.74) is 0. The number of urea groups is 1. The first kappa shape index (κ1) is 14.8. The number of carboxylic acid groups (broad SMARTS) is 1. The van der Waals surface area contributed by atoms with Gasteiger partial charge in [-0.25, -0.2) is 4.79 Å². The van der Waals surface area contributed by atoms with Crippen LogP contribution < -0.4 is 5.32 Å². The van der Waals surface area contributed by atoms with E-state index in [1.807, 2.05) is 6.92 Å². The highest BCUT2D eigenvalue weighted by Gasteiger charge is 2.18. The predicted octanol–water partition coefficient (Wildman–Crippen LogP) is 2.22. The summed E-state index contributed by atoms with van der Waals surface area (Å²) in [6, 6.07) is 0.143. The molecule has 5 nitrogen and oxygen atoms in total. The van der Waals surface area contributed by atoms with Crippen molar-refractivity contribution in [2.45, 2.75) is 57.9 Å². The van der Waals surface area contributed by atoms with E-state index < -0.39 is 5.97 Å². The molecule has 1 rings (SSSR count). The van der Waals surface area contributed by atoms with Crippen molar-refractivity contribution in [1.29, 1.82) is 0 Å². The molecule has 1 saturated carbocycles. The van der Waals surface area contributed by atoms with Gasteiger partial charge in [-0.15, -0.1) is 0 Å². The van der Waals surface area contributed by atoms with E-state index in [1.54, 1.807) is 4.90 Å². The second-order valence-electron chi connectivity index (χ2n) is 4.86. The number of carbonyl (C=O) groups is 2. The van der Waals surface area contributed by atoms with Gasteiger partial charge in [0.2, 0.25) is 0 Å². The Morgan fingerprint density at radius 1 is 1.22 bits per heavy atom. The first-order valence-corrected chi connectivity index (χ1v) is 6.90. The van der Waals surface area contributed by atoms with Gasteiger partial charge >= 0.3 is 12.0 Å². The third-order valence-electron chi connectivity index (χ3n) is 3.45. The number of hydrogen-bond donors (Lipinski definition) is 2. The lowest BCUT2D eigenvalue weighted by atomic mass is 10.1. The summed E-state index contributed by atoms with van der Waals surface area (Å²) in [6.07, 6.45) is 6.94. The van der Waals surface area contributed by atoms with E-state index in [2.05, 4.69) is 5.32 Å². The normalized spacial score (nSPS) is 16.9. The summed E-state index contributed by atoms with van der Waals surface area (Å²) in [4.78, 5) is 24.1. The van der Waals surface area contributed by atoms with Gasteiger partial charge in [-0.2, -0.15) is 0 Å². The molecule has 0 spiro atoms. The van der Waals surface area contributed by atoms with E-state index in [0.29, 0.717) is 6.54 Å². The lowest BCUT2D eigenvalue weighted by Gasteiger charge is -2.24. The molecule has 0 heterocycles. The van der Waals surface area contributed by atoms with Crippen LogP contribution in [0.1, 0.15) is 51.9 Å². The van der Waals surface area contributed by atoms with Crippen LogP contribution in [0.25, 0.3) is 0 Å². The fourth-order valence-electron chi connectivity index (χ4n) is 2.32. The molecule has 0 atom stereocenters. The van der Waals surface area contributed by atoms with Crippen LogP contribution in [0.15, 0.2) is 0 Å². The lowest BCUT2D eigenvalue weighted by molar-refractivity contribution is -0.137. The Bertz CT molecular complexity index is 273. The Labute approximate surface area is 109 Å². The molecule has 0 aromatic heterocycles. The molecule has 18 heavy (non-hydrogen) atoms. The maximum atomic E-state index is 12.0. The van der Waals surface area contributed by atoms with Gasteiger partial charge in [0, 0.05) is 19.1 Å². The molecule has 2 amide bonds. The minimum Gasteiger partial charge on any atom is -0.481 e. The van der Waals surface area contributed by atoms with E-state index in [1.165, 1.54) is 25.7 Å². The van der Waals surface area contributed by atoms with Gasteiger partial charge in [-0.3, -0.25) is 4.79 Å². The standard InChI is InChI=1S/C13H24N2O3/c1-2-15(10-9-12(16)17)13(18)14-11-7-5-3-4-6-8-11/h11H,2-10H2,1H3,(H,14,18)(H,16,17). The molecule has 5 heteroatoms. The number of nitrogens with one attached hydrogen (secondary N) is 1. The van der Waals surface area contributed by atoms with Crippen LogP contribution in [-0.2, 0) is 4.79 Å². The SMILES string of the molecule is CCN(CCC(=O)O)C(=O)NC1CCCCCC1. The number of amides is 2. The molecule has 1 aliphatic rings. The molecule has 0 saturated heterocycles. The summed E-state index contributed by atoms with van der Waals surface area (Å²) in [5, 5.41) is 11.7. The van der Waals surface area contributed by atoms with Crippen LogP contribution in [0, 0.1) is 0 Å². The first-order chi connectivity index (χ1) is 8.63. The van der Waals surface area contributed by atoms with Crippen molar-refractivity contribution < 1.29 is 14.7 Å². The number of nitrogens with zero attached hydrogens (tertiary/aromatic N) is 1. The Hall–Kier alpha value is -1.26. The Balaban J connectivity index is 2.37. The molecule has 0 aliphatic heterocycles. The van der Waals surface area contributed by atoms with Gasteiger partial charge in [-0.05, 0) is 19.8 Å². The molecule has 0 radical (unpaired) electrons. The number of carboxylic acids is 1. The predicted molar refractivity (Wildman–Crippen MR) is 69.5 cm³/mol. The van der Waals surface area contributed by atoms with E-state index >= 15 is 0 Å². The van der Waals surface area contributed by atoms with Crippen LogP contribution in [0.2, 0.25) is 0 Å². The molecule has 104 valence electrons. The number of carbonyl (C=O) groups excluding carboxylic acids is 1. The van der Waals surface area contributed by atoms with Crippen LogP contribution in [0.3, 0.4) is 0 Å². The average molecular weight is 256 g/mol. The van der Waals surface area contributed by atoms with E-state index in [-0.39, 0.29) is 25.0 Å². The maximum absolute atomic E-state index is 12.0. The Morgan fingerprint density at radius 2 is 1.83 bits per heavy atom. The summed E-state index contributed by atoms with van der Waals surface area (Å²) < 4.78 is 0. The van der Waals surface area contributed by atoms with Crippen molar-refractivity contribution in [3.8, 4) is 0 Å². The molecule has 1 fully saturated rings. The zero-order valence-electron chi connectivity index (χ0n) is 11.2. The summed E-state index contributed by atoms with van der Waals surface area (Å²) >= 11 is 0. The molecule has 0 unspecified atom stereocenters. The molecular weight excluding hydrogens is 232 g/mol. The third-order valence-corrected chi connectivity index (χ3v) is 3.45. The van der Waals surface area contributed by atoms with Crippen LogP contribution in [0.5, 0.6) is 0 Å². The lowest BCUT2D eigenvalue weighted by Crippen LogP contribution is -2.45. The number of rotatable bonds is 5. The highest BCUT2D eigenvalue weighted by molar-refractivity contribution is 5.75. The van der Waals surface area contributed by atoms with E-state index in [4.69, 9.17) is 5.11 Å². The zero-order chi connectivity index (χ0) is 13.4. The van der Waals surface area contributed by atoms with Crippen molar-refractivity contribution in [2.75, 3.05) is 13.1 Å². The van der Waals surface area contributed by atoms with E-state index in [9.17, 15) is 9.59 Å². The van der Waals surface area contributed by atoms with Gasteiger partial charge in [0.25, 0.3) is 0 Å². The second-order valence-corrected chi connectivity index (χ2v) is 4.86. The van der Waals surface area contributed by atoms with Gasteiger partial charge in [0.05, 0.1) is 6.42 Å². The van der Waals surface area contributed by atoms with Crippen LogP contribution in [0.4, 0.5) is 4.79 Å².